The molecule has 8 nitrogen and oxygen atoms in total. The second kappa shape index (κ2) is 6.66. The summed E-state index contributed by atoms with van der Waals surface area (Å²) in [5.74, 6) is 0.252. The molecule has 0 aliphatic carbocycles. The van der Waals surface area contributed by atoms with E-state index in [4.69, 9.17) is 0 Å². The van der Waals surface area contributed by atoms with Crippen molar-refractivity contribution in [2.24, 2.45) is 0 Å². The van der Waals surface area contributed by atoms with Gasteiger partial charge in [0.15, 0.2) is 0 Å². The van der Waals surface area contributed by atoms with Gasteiger partial charge in [0.25, 0.3) is 0 Å². The van der Waals surface area contributed by atoms with Gasteiger partial charge in [-0.05, 0) is 29.3 Å². The van der Waals surface area contributed by atoms with Crippen LogP contribution < -0.4 is 5.32 Å². The molecule has 1 aliphatic heterocycles. The average Bonchev–Trinajstić information content (AvgIpc) is 3.06. The zero-order chi connectivity index (χ0) is 15.4. The van der Waals surface area contributed by atoms with E-state index in [0.29, 0.717) is 12.4 Å². The Morgan fingerprint density at radius 3 is 2.95 bits per heavy atom. The molecule has 0 saturated carbocycles. The number of aryl methyl sites for hydroxylation is 1. The lowest BCUT2D eigenvalue weighted by Crippen LogP contribution is -2.43. The molecule has 2 rings (SSSR count). The molecule has 0 spiro atoms. The highest BCUT2D eigenvalue weighted by atomic mass is 16.6. The van der Waals surface area contributed by atoms with Crippen LogP contribution in [0.1, 0.15) is 25.6 Å². The third-order valence-corrected chi connectivity index (χ3v) is 3.72. The number of nitrogens with one attached hydrogen (secondary N) is 1. The van der Waals surface area contributed by atoms with Crippen LogP contribution in [0.25, 0.3) is 0 Å². The van der Waals surface area contributed by atoms with E-state index in [9.17, 15) is 14.9 Å². The summed E-state index contributed by atoms with van der Waals surface area (Å²) in [6.45, 7) is 6.25. The highest BCUT2D eigenvalue weighted by Crippen LogP contribution is 2.14. The topological polar surface area (TPSA) is 93.3 Å². The molecule has 2 heterocycles. The van der Waals surface area contributed by atoms with Crippen molar-refractivity contribution in [3.63, 3.8) is 0 Å². The highest BCUT2D eigenvalue weighted by molar-refractivity contribution is 5.76. The molecule has 116 valence electrons. The monoisotopic (exact) mass is 295 g/mol. The quantitative estimate of drug-likeness (QED) is 0.616. The van der Waals surface area contributed by atoms with E-state index in [2.05, 4.69) is 10.3 Å². The minimum Gasteiger partial charge on any atom is -0.358 e. The van der Waals surface area contributed by atoms with Crippen molar-refractivity contribution in [1.82, 2.24) is 19.8 Å². The molecule has 1 aliphatic rings. The molecule has 1 atom stereocenters. The van der Waals surface area contributed by atoms with Gasteiger partial charge in [-0.2, -0.15) is 0 Å². The number of carbonyl (C=O) groups is 1. The predicted molar refractivity (Wildman–Crippen MR) is 76.9 cm³/mol. The Labute approximate surface area is 123 Å². The third kappa shape index (κ3) is 3.57. The molecule has 1 aromatic heterocycles. The van der Waals surface area contributed by atoms with Crippen LogP contribution in [0.5, 0.6) is 0 Å². The summed E-state index contributed by atoms with van der Waals surface area (Å²) in [5.41, 5.74) is 0. The van der Waals surface area contributed by atoms with E-state index >= 15 is 0 Å². The molecule has 0 bridgehead atoms. The number of rotatable bonds is 6. The maximum absolute atomic E-state index is 12.5. The van der Waals surface area contributed by atoms with Crippen LogP contribution in [0.15, 0.2) is 6.20 Å². The SMILES string of the molecule is CCCN(C(=O)Cn1cc([N+](=O)[O-])nc1C)C1CCNC1. The maximum Gasteiger partial charge on any atom is 0.381 e. The van der Waals surface area contributed by atoms with E-state index < -0.39 is 4.92 Å². The van der Waals surface area contributed by atoms with Gasteiger partial charge in [-0.3, -0.25) is 9.36 Å². The lowest BCUT2D eigenvalue weighted by Gasteiger charge is -2.28. The summed E-state index contributed by atoms with van der Waals surface area (Å²) in [7, 11) is 0. The van der Waals surface area contributed by atoms with Gasteiger partial charge in [-0.1, -0.05) is 6.92 Å². The predicted octanol–water partition coefficient (Wildman–Crippen LogP) is 0.700. The minimum atomic E-state index is -0.543. The highest BCUT2D eigenvalue weighted by Gasteiger charge is 2.27. The van der Waals surface area contributed by atoms with Gasteiger partial charge >= 0.3 is 5.82 Å². The molecule has 1 amide bonds. The van der Waals surface area contributed by atoms with E-state index in [1.165, 1.54) is 6.20 Å². The Balaban J connectivity index is 2.09. The van der Waals surface area contributed by atoms with Crippen molar-refractivity contribution in [1.29, 1.82) is 0 Å². The molecule has 1 saturated heterocycles. The molecular formula is C13H21N5O3. The van der Waals surface area contributed by atoms with Gasteiger partial charge in [0.2, 0.25) is 11.7 Å². The van der Waals surface area contributed by atoms with Crippen LogP contribution in [0.4, 0.5) is 5.82 Å². The summed E-state index contributed by atoms with van der Waals surface area (Å²) in [4.78, 5) is 28.4. The van der Waals surface area contributed by atoms with Crippen LogP contribution in [-0.4, -0.2) is 51.0 Å². The zero-order valence-corrected chi connectivity index (χ0v) is 12.4. The van der Waals surface area contributed by atoms with Crippen LogP contribution in [0.2, 0.25) is 0 Å². The number of carbonyl (C=O) groups excluding carboxylic acids is 1. The molecule has 0 radical (unpaired) electrons. The molecule has 8 heteroatoms. The number of nitro groups is 1. The van der Waals surface area contributed by atoms with Crippen LogP contribution >= 0.6 is 0 Å². The van der Waals surface area contributed by atoms with Gasteiger partial charge in [0.1, 0.15) is 12.7 Å². The first-order valence-electron chi connectivity index (χ1n) is 7.21. The summed E-state index contributed by atoms with van der Waals surface area (Å²) >= 11 is 0. The number of hydrogen-bond acceptors (Lipinski definition) is 5. The standard InChI is InChI=1S/C13H21N5O3/c1-3-6-17(11-4-5-14-7-11)13(19)9-16-8-12(18(20)21)15-10(16)2/h8,11,14H,3-7,9H2,1-2H3. The van der Waals surface area contributed by atoms with Gasteiger partial charge in [0, 0.05) is 26.1 Å². The zero-order valence-electron chi connectivity index (χ0n) is 12.4. The fourth-order valence-corrected chi connectivity index (χ4v) is 2.63. The number of aromatic nitrogens is 2. The van der Waals surface area contributed by atoms with Crippen LogP contribution in [0, 0.1) is 17.0 Å². The lowest BCUT2D eigenvalue weighted by atomic mass is 10.2. The fourth-order valence-electron chi connectivity index (χ4n) is 2.63. The smallest absolute Gasteiger partial charge is 0.358 e. The first kappa shape index (κ1) is 15.4. The van der Waals surface area contributed by atoms with Crippen molar-refractivity contribution in [3.05, 3.63) is 22.1 Å². The molecule has 1 fully saturated rings. The maximum atomic E-state index is 12.5. The van der Waals surface area contributed by atoms with Crippen molar-refractivity contribution in [2.45, 2.75) is 39.3 Å². The average molecular weight is 295 g/mol. The Hall–Kier alpha value is -1.96. The van der Waals surface area contributed by atoms with Gasteiger partial charge in [-0.15, -0.1) is 0 Å². The van der Waals surface area contributed by atoms with Crippen molar-refractivity contribution >= 4 is 11.7 Å². The Kier molecular flexibility index (Phi) is 4.89. The number of nitrogens with zero attached hydrogens (tertiary/aromatic N) is 4. The Morgan fingerprint density at radius 2 is 2.43 bits per heavy atom. The van der Waals surface area contributed by atoms with E-state index in [0.717, 1.165) is 25.9 Å². The summed E-state index contributed by atoms with van der Waals surface area (Å²) in [6.07, 6.45) is 3.17. The molecule has 21 heavy (non-hydrogen) atoms. The first-order chi connectivity index (χ1) is 10.0. The summed E-state index contributed by atoms with van der Waals surface area (Å²) < 4.78 is 1.55. The Morgan fingerprint density at radius 1 is 1.67 bits per heavy atom. The fraction of sp³-hybridized carbons (Fsp3) is 0.692. The van der Waals surface area contributed by atoms with Crippen molar-refractivity contribution in [2.75, 3.05) is 19.6 Å². The van der Waals surface area contributed by atoms with E-state index in [1.54, 1.807) is 11.5 Å². The molecule has 1 aromatic rings. The van der Waals surface area contributed by atoms with E-state index in [1.807, 2.05) is 11.8 Å². The molecule has 1 N–H and O–H groups in total. The molecule has 1 unspecified atom stereocenters. The van der Waals surface area contributed by atoms with Crippen LogP contribution in [-0.2, 0) is 11.3 Å². The van der Waals surface area contributed by atoms with Gasteiger partial charge < -0.3 is 20.3 Å². The van der Waals surface area contributed by atoms with E-state index in [-0.39, 0.29) is 24.3 Å². The minimum absolute atomic E-state index is 0.0130. The second-order valence-corrected chi connectivity index (χ2v) is 5.27. The number of imidazole rings is 1. The summed E-state index contributed by atoms with van der Waals surface area (Å²) in [6, 6.07) is 0.219. The second-order valence-electron chi connectivity index (χ2n) is 5.27. The molecule has 0 aromatic carbocycles. The number of amides is 1. The van der Waals surface area contributed by atoms with Crippen molar-refractivity contribution < 1.29 is 9.72 Å². The van der Waals surface area contributed by atoms with Gasteiger partial charge in [-0.25, -0.2) is 0 Å². The largest absolute Gasteiger partial charge is 0.381 e. The lowest BCUT2D eigenvalue weighted by molar-refractivity contribution is -0.389. The number of hydrogen-bond donors (Lipinski definition) is 1. The normalized spacial score (nSPS) is 17.9. The van der Waals surface area contributed by atoms with Crippen molar-refractivity contribution in [3.8, 4) is 0 Å². The first-order valence-corrected chi connectivity index (χ1v) is 7.21. The third-order valence-electron chi connectivity index (χ3n) is 3.72. The summed E-state index contributed by atoms with van der Waals surface area (Å²) in [5, 5.41) is 14.0. The molecular weight excluding hydrogens is 274 g/mol. The van der Waals surface area contributed by atoms with Gasteiger partial charge in [0.05, 0.1) is 0 Å². The van der Waals surface area contributed by atoms with Crippen LogP contribution in [0.3, 0.4) is 0 Å². The Bertz CT molecular complexity index is 522.